The van der Waals surface area contributed by atoms with Gasteiger partial charge < -0.3 is 19.3 Å². The topological polar surface area (TPSA) is 58.7 Å². The van der Waals surface area contributed by atoms with Crippen molar-refractivity contribution in [2.45, 2.75) is 13.8 Å². The van der Waals surface area contributed by atoms with Gasteiger partial charge >= 0.3 is 0 Å². The first kappa shape index (κ1) is 16.4. The van der Waals surface area contributed by atoms with E-state index >= 15 is 0 Å². The number of ether oxygens (including phenoxy) is 1. The zero-order chi connectivity index (χ0) is 15.1. The van der Waals surface area contributed by atoms with Crippen molar-refractivity contribution >= 4 is 5.83 Å². The second-order valence-corrected chi connectivity index (χ2v) is 4.38. The van der Waals surface area contributed by atoms with Gasteiger partial charge in [0.05, 0.1) is 25.1 Å². The molecular formula is C14H21FN2O3. The molecule has 20 heavy (non-hydrogen) atoms. The first-order chi connectivity index (χ1) is 9.61. The van der Waals surface area contributed by atoms with Gasteiger partial charge in [-0.1, -0.05) is 11.7 Å². The van der Waals surface area contributed by atoms with Gasteiger partial charge in [-0.2, -0.15) is 0 Å². The molecule has 0 amide bonds. The highest BCUT2D eigenvalue weighted by Crippen LogP contribution is 2.29. The van der Waals surface area contributed by atoms with Crippen LogP contribution in [0.5, 0.6) is 0 Å². The molecule has 0 radical (unpaired) electrons. The lowest BCUT2D eigenvalue weighted by Gasteiger charge is -2.31. The van der Waals surface area contributed by atoms with Crippen LogP contribution in [0.3, 0.4) is 0 Å². The van der Waals surface area contributed by atoms with Gasteiger partial charge in [-0.3, -0.25) is 0 Å². The first-order valence-corrected chi connectivity index (χ1v) is 6.36. The van der Waals surface area contributed by atoms with Crippen LogP contribution in [0.4, 0.5) is 4.39 Å². The molecule has 1 fully saturated rings. The molecular weight excluding hydrogens is 263 g/mol. The maximum Gasteiger partial charge on any atom is 0.200 e. The summed E-state index contributed by atoms with van der Waals surface area (Å²) >= 11 is 0. The van der Waals surface area contributed by atoms with Gasteiger partial charge in [0.1, 0.15) is 0 Å². The van der Waals surface area contributed by atoms with Crippen LogP contribution in [0.25, 0.3) is 5.83 Å². The zero-order valence-electron chi connectivity index (χ0n) is 12.1. The summed E-state index contributed by atoms with van der Waals surface area (Å²) in [6, 6.07) is 0. The Bertz CT molecular complexity index is 477. The monoisotopic (exact) mass is 284 g/mol. The predicted molar refractivity (Wildman–Crippen MR) is 74.6 cm³/mol. The molecule has 0 unspecified atom stereocenters. The van der Waals surface area contributed by atoms with Crippen LogP contribution in [-0.2, 0) is 4.74 Å². The van der Waals surface area contributed by atoms with E-state index in [2.05, 4.69) is 11.7 Å². The quantitative estimate of drug-likeness (QED) is 0.862. The SMILES string of the molecule is C=C(C)/C(=C(/F)c1oncc1C)N1CCOCC1.CO. The van der Waals surface area contributed by atoms with E-state index in [9.17, 15) is 4.39 Å². The van der Waals surface area contributed by atoms with Crippen molar-refractivity contribution in [1.82, 2.24) is 10.1 Å². The molecule has 0 bridgehead atoms. The smallest absolute Gasteiger partial charge is 0.200 e. The first-order valence-electron chi connectivity index (χ1n) is 6.36. The number of nitrogens with zero attached hydrogens (tertiary/aromatic N) is 2. The van der Waals surface area contributed by atoms with E-state index in [4.69, 9.17) is 14.4 Å². The van der Waals surface area contributed by atoms with Gasteiger partial charge in [0.2, 0.25) is 0 Å². The molecule has 1 aliphatic rings. The van der Waals surface area contributed by atoms with E-state index in [0.29, 0.717) is 43.1 Å². The van der Waals surface area contributed by atoms with Crippen LogP contribution in [0.2, 0.25) is 0 Å². The van der Waals surface area contributed by atoms with Crippen LogP contribution in [0.1, 0.15) is 18.2 Å². The number of hydrogen-bond acceptors (Lipinski definition) is 5. The summed E-state index contributed by atoms with van der Waals surface area (Å²) in [7, 11) is 1.00. The summed E-state index contributed by atoms with van der Waals surface area (Å²) in [5.74, 6) is -0.223. The van der Waals surface area contributed by atoms with Gasteiger partial charge in [-0.25, -0.2) is 4.39 Å². The maximum atomic E-state index is 14.5. The summed E-state index contributed by atoms with van der Waals surface area (Å²) in [5, 5.41) is 10.6. The maximum absolute atomic E-state index is 14.5. The highest BCUT2D eigenvalue weighted by Gasteiger charge is 2.22. The average molecular weight is 284 g/mol. The lowest BCUT2D eigenvalue weighted by molar-refractivity contribution is 0.0545. The second kappa shape index (κ2) is 7.81. The number of halogens is 1. The molecule has 1 saturated heterocycles. The Kier molecular flexibility index (Phi) is 6.41. The Morgan fingerprint density at radius 1 is 1.40 bits per heavy atom. The van der Waals surface area contributed by atoms with Gasteiger partial charge in [-0.15, -0.1) is 0 Å². The lowest BCUT2D eigenvalue weighted by Crippen LogP contribution is -2.36. The summed E-state index contributed by atoms with van der Waals surface area (Å²) < 4.78 is 24.8. The Labute approximate surface area is 118 Å². The van der Waals surface area contributed by atoms with Gasteiger partial charge in [0.15, 0.2) is 11.6 Å². The molecule has 0 atom stereocenters. The molecule has 1 aromatic heterocycles. The molecule has 2 rings (SSSR count). The van der Waals surface area contributed by atoms with Gasteiger partial charge in [0, 0.05) is 25.8 Å². The van der Waals surface area contributed by atoms with E-state index in [0.717, 1.165) is 7.11 Å². The average Bonchev–Trinajstić information content (AvgIpc) is 2.88. The molecule has 0 aliphatic carbocycles. The van der Waals surface area contributed by atoms with E-state index in [1.165, 1.54) is 6.20 Å². The number of aliphatic hydroxyl groups excluding tert-OH is 1. The number of aromatic nitrogens is 1. The van der Waals surface area contributed by atoms with Crippen molar-refractivity contribution in [3.63, 3.8) is 0 Å². The molecule has 112 valence electrons. The molecule has 1 N–H and O–H groups in total. The molecule has 1 aromatic rings. The third-order valence-electron chi connectivity index (χ3n) is 2.89. The Morgan fingerprint density at radius 3 is 2.45 bits per heavy atom. The number of hydrogen-bond donors (Lipinski definition) is 1. The van der Waals surface area contributed by atoms with Gasteiger partial charge in [0.25, 0.3) is 0 Å². The Balaban J connectivity index is 0.000000956. The third-order valence-corrected chi connectivity index (χ3v) is 2.89. The largest absolute Gasteiger partial charge is 0.400 e. The van der Waals surface area contributed by atoms with Crippen LogP contribution in [0.15, 0.2) is 28.6 Å². The van der Waals surface area contributed by atoms with Crippen molar-refractivity contribution in [2.75, 3.05) is 33.4 Å². The summed E-state index contributed by atoms with van der Waals surface area (Å²) in [4.78, 5) is 1.93. The predicted octanol–water partition coefficient (Wildman–Crippen LogP) is 2.14. The number of aliphatic hydroxyl groups is 1. The fourth-order valence-corrected chi connectivity index (χ4v) is 1.99. The van der Waals surface area contributed by atoms with Crippen LogP contribution in [0, 0.1) is 6.92 Å². The van der Waals surface area contributed by atoms with Gasteiger partial charge in [-0.05, 0) is 19.4 Å². The van der Waals surface area contributed by atoms with Crippen molar-refractivity contribution < 1.29 is 18.8 Å². The number of morpholine rings is 1. The fourth-order valence-electron chi connectivity index (χ4n) is 1.99. The molecule has 5 nitrogen and oxygen atoms in total. The highest BCUT2D eigenvalue weighted by atomic mass is 19.1. The molecule has 0 spiro atoms. The van der Waals surface area contributed by atoms with E-state index < -0.39 is 5.83 Å². The Hall–Kier alpha value is -1.66. The molecule has 1 aliphatic heterocycles. The summed E-state index contributed by atoms with van der Waals surface area (Å²) in [5.41, 5.74) is 1.84. The number of allylic oxidation sites excluding steroid dienone is 1. The van der Waals surface area contributed by atoms with Crippen molar-refractivity contribution in [1.29, 1.82) is 0 Å². The highest BCUT2D eigenvalue weighted by molar-refractivity contribution is 5.64. The standard InChI is InChI=1S/C13H17FN2O2.CH4O/c1-9(2)12(16-4-6-17-7-5-16)11(14)13-10(3)8-15-18-13;1-2/h8H,1,4-7H2,2-3H3;2H,1H3/b12-11-;. The van der Waals surface area contributed by atoms with E-state index in [-0.39, 0.29) is 5.76 Å². The van der Waals surface area contributed by atoms with Crippen molar-refractivity contribution in [2.24, 2.45) is 0 Å². The Morgan fingerprint density at radius 2 is 2.00 bits per heavy atom. The van der Waals surface area contributed by atoms with Crippen LogP contribution >= 0.6 is 0 Å². The second-order valence-electron chi connectivity index (χ2n) is 4.38. The normalized spacial score (nSPS) is 16.1. The minimum Gasteiger partial charge on any atom is -0.400 e. The molecule has 6 heteroatoms. The van der Waals surface area contributed by atoms with Crippen LogP contribution in [-0.4, -0.2) is 48.6 Å². The number of rotatable bonds is 3. The number of aryl methyl sites for hydroxylation is 1. The zero-order valence-corrected chi connectivity index (χ0v) is 12.1. The fraction of sp³-hybridized carbons (Fsp3) is 0.500. The van der Waals surface area contributed by atoms with E-state index in [1.807, 2.05) is 4.90 Å². The van der Waals surface area contributed by atoms with Crippen molar-refractivity contribution in [3.05, 3.63) is 35.4 Å². The minimum atomic E-state index is -0.403. The molecule has 0 aromatic carbocycles. The van der Waals surface area contributed by atoms with Crippen LogP contribution < -0.4 is 0 Å². The van der Waals surface area contributed by atoms with E-state index in [1.54, 1.807) is 13.8 Å². The molecule has 2 heterocycles. The molecule has 0 saturated carbocycles. The summed E-state index contributed by atoms with van der Waals surface area (Å²) in [6.45, 7) is 9.91. The third kappa shape index (κ3) is 3.68. The minimum absolute atomic E-state index is 0.180. The van der Waals surface area contributed by atoms with Crippen molar-refractivity contribution in [3.8, 4) is 0 Å². The summed E-state index contributed by atoms with van der Waals surface area (Å²) in [6.07, 6.45) is 1.50. The lowest BCUT2D eigenvalue weighted by atomic mass is 10.1.